The van der Waals surface area contributed by atoms with E-state index in [1.807, 2.05) is 30.3 Å². The van der Waals surface area contributed by atoms with Crippen molar-refractivity contribution in [1.82, 2.24) is 15.2 Å². The summed E-state index contributed by atoms with van der Waals surface area (Å²) in [7, 11) is 0. The van der Waals surface area contributed by atoms with Crippen LogP contribution in [0.1, 0.15) is 42.7 Å². The van der Waals surface area contributed by atoms with Gasteiger partial charge in [-0.3, -0.25) is 10.1 Å². The molecule has 132 valence electrons. The van der Waals surface area contributed by atoms with E-state index in [1.54, 1.807) is 10.4 Å². The lowest BCUT2D eigenvalue weighted by molar-refractivity contribution is -0.121. The molecule has 0 radical (unpaired) electrons. The van der Waals surface area contributed by atoms with Gasteiger partial charge in [-0.2, -0.15) is 0 Å². The summed E-state index contributed by atoms with van der Waals surface area (Å²) in [5.41, 5.74) is 2.70. The standard InChI is InChI=1S/C18H22N4O2S/c1-12(2)16-17(20-11-25-16)21-18(24)22-9-8-19-15(23)10-14(22)13-6-4-3-5-7-13/h3-7,11-12,14H,8-10H2,1-2H3,(H,19,23)(H,21,24). The number of urea groups is 1. The molecular weight excluding hydrogens is 336 g/mol. The molecule has 1 aromatic heterocycles. The number of benzene rings is 1. The van der Waals surface area contributed by atoms with Crippen LogP contribution in [0, 0.1) is 0 Å². The van der Waals surface area contributed by atoms with Crippen LogP contribution in [-0.2, 0) is 4.79 Å². The molecule has 2 heterocycles. The first kappa shape index (κ1) is 17.4. The van der Waals surface area contributed by atoms with Crippen LogP contribution in [0.25, 0.3) is 0 Å². The number of anilines is 1. The van der Waals surface area contributed by atoms with Gasteiger partial charge in [0.25, 0.3) is 0 Å². The average molecular weight is 358 g/mol. The monoisotopic (exact) mass is 358 g/mol. The quantitative estimate of drug-likeness (QED) is 0.883. The van der Waals surface area contributed by atoms with Gasteiger partial charge in [0.2, 0.25) is 5.91 Å². The fourth-order valence-electron chi connectivity index (χ4n) is 2.98. The Morgan fingerprint density at radius 3 is 2.84 bits per heavy atom. The normalized spacial score (nSPS) is 18.0. The summed E-state index contributed by atoms with van der Waals surface area (Å²) in [6, 6.07) is 9.16. The number of thiazole rings is 1. The molecule has 1 aliphatic rings. The number of hydrogen-bond acceptors (Lipinski definition) is 4. The van der Waals surface area contributed by atoms with Crippen molar-refractivity contribution in [3.63, 3.8) is 0 Å². The van der Waals surface area contributed by atoms with E-state index in [4.69, 9.17) is 0 Å². The average Bonchev–Trinajstić information content (AvgIpc) is 2.97. The van der Waals surface area contributed by atoms with Crippen molar-refractivity contribution in [2.45, 2.75) is 32.2 Å². The fraction of sp³-hybridized carbons (Fsp3) is 0.389. The van der Waals surface area contributed by atoms with Gasteiger partial charge in [0, 0.05) is 13.1 Å². The molecule has 1 unspecified atom stereocenters. The van der Waals surface area contributed by atoms with Gasteiger partial charge in [-0.1, -0.05) is 44.2 Å². The molecule has 3 amide bonds. The summed E-state index contributed by atoms with van der Waals surface area (Å²) in [6.45, 7) is 5.05. The van der Waals surface area contributed by atoms with E-state index in [0.717, 1.165) is 10.4 Å². The van der Waals surface area contributed by atoms with Crippen LogP contribution < -0.4 is 10.6 Å². The highest BCUT2D eigenvalue weighted by Crippen LogP contribution is 2.30. The molecule has 25 heavy (non-hydrogen) atoms. The highest BCUT2D eigenvalue weighted by molar-refractivity contribution is 7.10. The molecule has 0 saturated carbocycles. The number of nitrogens with zero attached hydrogens (tertiary/aromatic N) is 2. The third-order valence-corrected chi connectivity index (χ3v) is 5.35. The van der Waals surface area contributed by atoms with Gasteiger partial charge in [0.1, 0.15) is 5.82 Å². The van der Waals surface area contributed by atoms with Crippen LogP contribution in [0.2, 0.25) is 0 Å². The molecule has 3 rings (SSSR count). The lowest BCUT2D eigenvalue weighted by atomic mass is 10.0. The van der Waals surface area contributed by atoms with Crippen LogP contribution >= 0.6 is 11.3 Å². The number of nitrogens with one attached hydrogen (secondary N) is 2. The Balaban J connectivity index is 1.85. The maximum absolute atomic E-state index is 12.9. The molecule has 2 aromatic rings. The number of amides is 3. The summed E-state index contributed by atoms with van der Waals surface area (Å²) in [5, 5.41) is 5.77. The number of rotatable bonds is 3. The van der Waals surface area contributed by atoms with Crippen molar-refractivity contribution < 1.29 is 9.59 Å². The van der Waals surface area contributed by atoms with Gasteiger partial charge in [0.15, 0.2) is 0 Å². The molecule has 6 nitrogen and oxygen atoms in total. The lowest BCUT2D eigenvalue weighted by Crippen LogP contribution is -2.39. The van der Waals surface area contributed by atoms with Crippen molar-refractivity contribution in [1.29, 1.82) is 0 Å². The zero-order chi connectivity index (χ0) is 17.8. The smallest absolute Gasteiger partial charge is 0.323 e. The highest BCUT2D eigenvalue weighted by Gasteiger charge is 2.30. The first-order chi connectivity index (χ1) is 12.1. The van der Waals surface area contributed by atoms with Gasteiger partial charge in [-0.05, 0) is 11.5 Å². The van der Waals surface area contributed by atoms with Crippen LogP contribution in [0.15, 0.2) is 35.8 Å². The minimum absolute atomic E-state index is 0.0410. The number of hydrogen-bond donors (Lipinski definition) is 2. The summed E-state index contributed by atoms with van der Waals surface area (Å²) in [5.74, 6) is 0.862. The molecule has 0 bridgehead atoms. The molecule has 0 spiro atoms. The summed E-state index contributed by atoms with van der Waals surface area (Å²) >= 11 is 1.54. The molecule has 1 atom stereocenters. The second kappa shape index (κ2) is 7.65. The maximum atomic E-state index is 12.9. The van der Waals surface area contributed by atoms with E-state index in [0.29, 0.717) is 24.8 Å². The Hall–Kier alpha value is -2.41. The van der Waals surface area contributed by atoms with Crippen LogP contribution in [-0.4, -0.2) is 34.9 Å². The van der Waals surface area contributed by atoms with Gasteiger partial charge in [-0.15, -0.1) is 11.3 Å². The van der Waals surface area contributed by atoms with E-state index in [2.05, 4.69) is 29.5 Å². The first-order valence-electron chi connectivity index (χ1n) is 8.39. The first-order valence-corrected chi connectivity index (χ1v) is 9.27. The zero-order valence-electron chi connectivity index (χ0n) is 14.4. The maximum Gasteiger partial charge on any atom is 0.323 e. The minimum atomic E-state index is -0.287. The van der Waals surface area contributed by atoms with E-state index >= 15 is 0 Å². The molecule has 1 aromatic carbocycles. The van der Waals surface area contributed by atoms with E-state index in [-0.39, 0.29) is 24.4 Å². The molecule has 1 fully saturated rings. The van der Waals surface area contributed by atoms with Crippen molar-refractivity contribution in [3.05, 3.63) is 46.3 Å². The highest BCUT2D eigenvalue weighted by atomic mass is 32.1. The molecule has 7 heteroatoms. The molecular formula is C18H22N4O2S. The predicted octanol–water partition coefficient (Wildman–Crippen LogP) is 3.36. The van der Waals surface area contributed by atoms with Crippen LogP contribution in [0.3, 0.4) is 0 Å². The Labute approximate surface area is 151 Å². The largest absolute Gasteiger partial charge is 0.354 e. The number of carbonyl (C=O) groups is 2. The predicted molar refractivity (Wildman–Crippen MR) is 98.7 cm³/mol. The van der Waals surface area contributed by atoms with E-state index in [9.17, 15) is 9.59 Å². The Morgan fingerprint density at radius 2 is 2.12 bits per heavy atom. The molecule has 0 aliphatic carbocycles. The minimum Gasteiger partial charge on any atom is -0.354 e. The second-order valence-electron chi connectivity index (χ2n) is 6.32. The van der Waals surface area contributed by atoms with Gasteiger partial charge < -0.3 is 10.2 Å². The SMILES string of the molecule is CC(C)c1scnc1NC(=O)N1CCNC(=O)CC1c1ccccc1. The number of carbonyl (C=O) groups excluding carboxylic acids is 2. The zero-order valence-corrected chi connectivity index (χ0v) is 15.2. The van der Waals surface area contributed by atoms with E-state index < -0.39 is 0 Å². The van der Waals surface area contributed by atoms with Crippen molar-refractivity contribution in [3.8, 4) is 0 Å². The fourth-order valence-corrected chi connectivity index (χ4v) is 3.74. The lowest BCUT2D eigenvalue weighted by Gasteiger charge is -2.29. The van der Waals surface area contributed by atoms with Crippen molar-refractivity contribution >= 4 is 29.1 Å². The second-order valence-corrected chi connectivity index (χ2v) is 7.21. The van der Waals surface area contributed by atoms with Crippen LogP contribution in [0.5, 0.6) is 0 Å². The molecule has 1 saturated heterocycles. The van der Waals surface area contributed by atoms with E-state index in [1.165, 1.54) is 11.3 Å². The summed E-state index contributed by atoms with van der Waals surface area (Å²) in [4.78, 5) is 32.0. The number of aromatic nitrogens is 1. The molecule has 1 aliphatic heterocycles. The van der Waals surface area contributed by atoms with Gasteiger partial charge >= 0.3 is 6.03 Å². The Kier molecular flexibility index (Phi) is 5.33. The Morgan fingerprint density at radius 1 is 1.36 bits per heavy atom. The third kappa shape index (κ3) is 3.99. The topological polar surface area (TPSA) is 74.3 Å². The van der Waals surface area contributed by atoms with Gasteiger partial charge in [-0.25, -0.2) is 9.78 Å². The molecule has 2 N–H and O–H groups in total. The van der Waals surface area contributed by atoms with Crippen molar-refractivity contribution in [2.24, 2.45) is 0 Å². The van der Waals surface area contributed by atoms with Crippen molar-refractivity contribution in [2.75, 3.05) is 18.4 Å². The summed E-state index contributed by atoms with van der Waals surface area (Å²) in [6.07, 6.45) is 0.255. The van der Waals surface area contributed by atoms with Crippen LogP contribution in [0.4, 0.5) is 10.6 Å². The van der Waals surface area contributed by atoms with Gasteiger partial charge in [0.05, 0.1) is 22.9 Å². The summed E-state index contributed by atoms with van der Waals surface area (Å²) < 4.78 is 0. The third-order valence-electron chi connectivity index (χ3n) is 4.22. The Bertz CT molecular complexity index is 745.